The standard InChI is InChI=1S/C17H22N2O2/c1-12(20)19-11-14-9-5-6-10-15(14)18-17(21)16(19)13-7-3-2-4-8-13/h5-6,9-10,13,16H,2-4,7-8,11H2,1H3,(H,18,21)/t16-/m0/s1. The van der Waals surface area contributed by atoms with E-state index in [9.17, 15) is 9.59 Å². The van der Waals surface area contributed by atoms with Crippen molar-refractivity contribution in [3.05, 3.63) is 29.8 Å². The van der Waals surface area contributed by atoms with E-state index in [4.69, 9.17) is 0 Å². The molecule has 0 spiro atoms. The van der Waals surface area contributed by atoms with Crippen LogP contribution in [0.1, 0.15) is 44.6 Å². The van der Waals surface area contributed by atoms with Crippen molar-refractivity contribution in [3.63, 3.8) is 0 Å². The molecule has 1 aliphatic heterocycles. The third kappa shape index (κ3) is 2.80. The van der Waals surface area contributed by atoms with E-state index in [1.807, 2.05) is 24.3 Å². The van der Waals surface area contributed by atoms with Gasteiger partial charge in [-0.05, 0) is 30.4 Å². The van der Waals surface area contributed by atoms with Crippen LogP contribution in [0.2, 0.25) is 0 Å². The van der Waals surface area contributed by atoms with Crippen LogP contribution in [0.4, 0.5) is 5.69 Å². The highest BCUT2D eigenvalue weighted by Crippen LogP contribution is 2.33. The van der Waals surface area contributed by atoms with Crippen molar-refractivity contribution in [3.8, 4) is 0 Å². The van der Waals surface area contributed by atoms with Crippen molar-refractivity contribution in [2.75, 3.05) is 5.32 Å². The van der Waals surface area contributed by atoms with Gasteiger partial charge in [0.1, 0.15) is 6.04 Å². The average molecular weight is 286 g/mol. The summed E-state index contributed by atoms with van der Waals surface area (Å²) < 4.78 is 0. The zero-order valence-electron chi connectivity index (χ0n) is 12.5. The van der Waals surface area contributed by atoms with Crippen LogP contribution >= 0.6 is 0 Å². The van der Waals surface area contributed by atoms with E-state index in [2.05, 4.69) is 5.32 Å². The molecule has 2 amide bonds. The first-order chi connectivity index (χ1) is 10.2. The molecule has 1 atom stereocenters. The maximum absolute atomic E-state index is 12.7. The van der Waals surface area contributed by atoms with Crippen molar-refractivity contribution in [2.24, 2.45) is 5.92 Å². The molecule has 3 rings (SSSR count). The summed E-state index contributed by atoms with van der Waals surface area (Å²) in [5.41, 5.74) is 1.85. The smallest absolute Gasteiger partial charge is 0.247 e. The van der Waals surface area contributed by atoms with Crippen LogP contribution in [-0.2, 0) is 16.1 Å². The molecule has 4 heteroatoms. The van der Waals surface area contributed by atoms with Gasteiger partial charge < -0.3 is 10.2 Å². The predicted molar refractivity (Wildman–Crippen MR) is 81.7 cm³/mol. The fraction of sp³-hybridized carbons (Fsp3) is 0.529. The van der Waals surface area contributed by atoms with Crippen molar-refractivity contribution in [2.45, 2.75) is 51.6 Å². The first kappa shape index (κ1) is 14.1. The van der Waals surface area contributed by atoms with E-state index >= 15 is 0 Å². The Hall–Kier alpha value is -1.84. The normalized spacial score (nSPS) is 23.2. The number of carbonyl (C=O) groups is 2. The molecule has 0 saturated heterocycles. The minimum atomic E-state index is -0.324. The number of nitrogens with one attached hydrogen (secondary N) is 1. The summed E-state index contributed by atoms with van der Waals surface area (Å²) in [5, 5.41) is 3.02. The van der Waals surface area contributed by atoms with Gasteiger partial charge in [-0.15, -0.1) is 0 Å². The summed E-state index contributed by atoms with van der Waals surface area (Å²) in [5.74, 6) is 0.247. The largest absolute Gasteiger partial charge is 0.326 e. The summed E-state index contributed by atoms with van der Waals surface area (Å²) in [6.07, 6.45) is 5.64. The molecule has 21 heavy (non-hydrogen) atoms. The van der Waals surface area contributed by atoms with Crippen molar-refractivity contribution in [1.82, 2.24) is 4.90 Å². The van der Waals surface area contributed by atoms with Crippen LogP contribution in [0.15, 0.2) is 24.3 Å². The Labute approximate surface area is 125 Å². The molecule has 112 valence electrons. The van der Waals surface area contributed by atoms with Gasteiger partial charge in [0, 0.05) is 19.2 Å². The number of anilines is 1. The lowest BCUT2D eigenvalue weighted by Crippen LogP contribution is -2.49. The summed E-state index contributed by atoms with van der Waals surface area (Å²) in [6.45, 7) is 2.09. The molecule has 4 nitrogen and oxygen atoms in total. The SMILES string of the molecule is CC(=O)N1Cc2ccccc2NC(=O)[C@@H]1C1CCCCC1. The second-order valence-corrected chi connectivity index (χ2v) is 6.14. The molecule has 1 aromatic carbocycles. The van der Waals surface area contributed by atoms with Crippen molar-refractivity contribution >= 4 is 17.5 Å². The van der Waals surface area contributed by atoms with Gasteiger partial charge in [-0.2, -0.15) is 0 Å². The lowest BCUT2D eigenvalue weighted by molar-refractivity contribution is -0.139. The predicted octanol–water partition coefficient (Wildman–Crippen LogP) is 2.94. The lowest BCUT2D eigenvalue weighted by Gasteiger charge is -2.35. The first-order valence-corrected chi connectivity index (χ1v) is 7.83. The highest BCUT2D eigenvalue weighted by Gasteiger charge is 2.38. The van der Waals surface area contributed by atoms with Gasteiger partial charge in [0.2, 0.25) is 11.8 Å². The number of benzene rings is 1. The number of rotatable bonds is 1. The van der Waals surface area contributed by atoms with Gasteiger partial charge in [0.05, 0.1) is 0 Å². The quantitative estimate of drug-likeness (QED) is 0.863. The monoisotopic (exact) mass is 286 g/mol. The molecular formula is C17H22N2O2. The minimum Gasteiger partial charge on any atom is -0.326 e. The molecule has 1 aliphatic carbocycles. The van der Waals surface area contributed by atoms with Crippen molar-refractivity contribution < 1.29 is 9.59 Å². The van der Waals surface area contributed by atoms with E-state index in [-0.39, 0.29) is 23.8 Å². The molecule has 0 bridgehead atoms. The number of nitrogens with zero attached hydrogens (tertiary/aromatic N) is 1. The van der Waals surface area contributed by atoms with Gasteiger partial charge in [0.15, 0.2) is 0 Å². The van der Waals surface area contributed by atoms with Crippen molar-refractivity contribution in [1.29, 1.82) is 0 Å². The summed E-state index contributed by atoms with van der Waals surface area (Å²) in [7, 11) is 0. The van der Waals surface area contributed by atoms with E-state index < -0.39 is 0 Å². The molecule has 0 unspecified atom stereocenters. The van der Waals surface area contributed by atoms with Gasteiger partial charge in [0.25, 0.3) is 0 Å². The lowest BCUT2D eigenvalue weighted by atomic mass is 9.82. The highest BCUT2D eigenvalue weighted by molar-refractivity contribution is 5.98. The van der Waals surface area contributed by atoms with E-state index in [0.29, 0.717) is 6.54 Å². The number of amides is 2. The van der Waals surface area contributed by atoms with Crippen LogP contribution in [0.3, 0.4) is 0 Å². The van der Waals surface area contributed by atoms with Crippen LogP contribution in [-0.4, -0.2) is 22.8 Å². The Morgan fingerprint density at radius 2 is 1.90 bits per heavy atom. The van der Waals surface area contributed by atoms with Gasteiger partial charge in [-0.25, -0.2) is 0 Å². The molecule has 2 aliphatic rings. The molecule has 1 heterocycles. The number of fused-ring (bicyclic) bond motifs is 1. The average Bonchev–Trinajstić information content (AvgIpc) is 2.64. The molecule has 1 saturated carbocycles. The third-order valence-electron chi connectivity index (χ3n) is 4.72. The number of para-hydroxylation sites is 1. The highest BCUT2D eigenvalue weighted by atomic mass is 16.2. The zero-order chi connectivity index (χ0) is 14.8. The third-order valence-corrected chi connectivity index (χ3v) is 4.72. The topological polar surface area (TPSA) is 49.4 Å². The molecule has 1 N–H and O–H groups in total. The second-order valence-electron chi connectivity index (χ2n) is 6.14. The van der Waals surface area contributed by atoms with E-state index in [0.717, 1.165) is 36.9 Å². The first-order valence-electron chi connectivity index (χ1n) is 7.83. The van der Waals surface area contributed by atoms with E-state index in [1.54, 1.807) is 11.8 Å². The maximum atomic E-state index is 12.7. The Morgan fingerprint density at radius 1 is 1.19 bits per heavy atom. The Morgan fingerprint density at radius 3 is 2.62 bits per heavy atom. The second kappa shape index (κ2) is 5.88. The van der Waals surface area contributed by atoms with Crippen LogP contribution in [0.5, 0.6) is 0 Å². The van der Waals surface area contributed by atoms with Crippen LogP contribution in [0.25, 0.3) is 0 Å². The fourth-order valence-electron chi connectivity index (χ4n) is 3.64. The Kier molecular flexibility index (Phi) is 3.95. The maximum Gasteiger partial charge on any atom is 0.247 e. The number of carbonyl (C=O) groups excluding carboxylic acids is 2. The zero-order valence-corrected chi connectivity index (χ0v) is 12.5. The summed E-state index contributed by atoms with van der Waals surface area (Å²) >= 11 is 0. The Bertz CT molecular complexity index is 549. The molecule has 0 radical (unpaired) electrons. The van der Waals surface area contributed by atoms with E-state index in [1.165, 1.54) is 6.42 Å². The molecule has 0 aromatic heterocycles. The van der Waals surface area contributed by atoms with Gasteiger partial charge in [-0.1, -0.05) is 37.5 Å². The summed E-state index contributed by atoms with van der Waals surface area (Å²) in [4.78, 5) is 26.6. The van der Waals surface area contributed by atoms with Crippen LogP contribution < -0.4 is 5.32 Å². The fourth-order valence-corrected chi connectivity index (χ4v) is 3.64. The van der Waals surface area contributed by atoms with Crippen LogP contribution in [0, 0.1) is 5.92 Å². The molecular weight excluding hydrogens is 264 g/mol. The summed E-state index contributed by atoms with van der Waals surface area (Å²) in [6, 6.07) is 7.43. The van der Waals surface area contributed by atoms with Gasteiger partial charge in [-0.3, -0.25) is 9.59 Å². The van der Waals surface area contributed by atoms with Gasteiger partial charge >= 0.3 is 0 Å². The minimum absolute atomic E-state index is 0.0163. The molecule has 1 aromatic rings. The Balaban J connectivity index is 1.94. The molecule has 1 fully saturated rings. The number of hydrogen-bond acceptors (Lipinski definition) is 2. The number of hydrogen-bond donors (Lipinski definition) is 1.